The molecule has 0 bridgehead atoms. The summed E-state index contributed by atoms with van der Waals surface area (Å²) in [6, 6.07) is 19.4. The smallest absolute Gasteiger partial charge is 0.258 e. The average molecular weight is 411 g/mol. The van der Waals surface area contributed by atoms with Gasteiger partial charge in [-0.05, 0) is 49.2 Å². The second-order valence-electron chi connectivity index (χ2n) is 7.11. The van der Waals surface area contributed by atoms with E-state index in [-0.39, 0.29) is 11.9 Å². The largest absolute Gasteiger partial charge is 0.496 e. The van der Waals surface area contributed by atoms with Crippen LogP contribution in [0.5, 0.6) is 5.75 Å². The van der Waals surface area contributed by atoms with Gasteiger partial charge in [0.05, 0.1) is 19.2 Å². The van der Waals surface area contributed by atoms with Crippen LogP contribution in [0.3, 0.4) is 0 Å². The highest BCUT2D eigenvalue weighted by Gasteiger charge is 2.24. The molecule has 0 aliphatic rings. The summed E-state index contributed by atoms with van der Waals surface area (Å²) in [4.78, 5) is 15.3. The minimum absolute atomic E-state index is 0.0257. The Hall–Kier alpha value is -2.72. The van der Waals surface area contributed by atoms with Crippen LogP contribution in [0.2, 0.25) is 5.02 Å². The maximum Gasteiger partial charge on any atom is 0.258 e. The van der Waals surface area contributed by atoms with E-state index in [0.717, 1.165) is 22.7 Å². The van der Waals surface area contributed by atoms with E-state index in [2.05, 4.69) is 24.5 Å². The average Bonchev–Trinajstić information content (AvgIpc) is 3.19. The minimum atomic E-state index is -0.0257. The first-order chi connectivity index (χ1) is 14.0. The number of rotatable bonds is 8. The maximum atomic E-state index is 13.4. The number of para-hydroxylation sites is 1. The molecular formula is C24H27ClN2O2. The Labute approximate surface area is 177 Å². The molecule has 1 amide bonds. The molecular weight excluding hydrogens is 384 g/mol. The minimum Gasteiger partial charge on any atom is -0.496 e. The highest BCUT2D eigenvalue weighted by Crippen LogP contribution is 2.24. The highest BCUT2D eigenvalue weighted by molar-refractivity contribution is 6.31. The lowest BCUT2D eigenvalue weighted by atomic mass is 10.1. The molecule has 1 atom stereocenters. The highest BCUT2D eigenvalue weighted by atomic mass is 35.5. The van der Waals surface area contributed by atoms with Gasteiger partial charge in [0.15, 0.2) is 0 Å². The molecule has 0 aliphatic heterocycles. The molecule has 0 saturated carbocycles. The molecule has 0 unspecified atom stereocenters. The Morgan fingerprint density at radius 3 is 2.55 bits per heavy atom. The predicted octanol–water partition coefficient (Wildman–Crippen LogP) is 5.64. The number of methoxy groups -OCH3 is 1. The van der Waals surface area contributed by atoms with Gasteiger partial charge in [-0.3, -0.25) is 4.79 Å². The monoisotopic (exact) mass is 410 g/mol. The number of nitrogens with zero attached hydrogens (tertiary/aromatic N) is 2. The van der Waals surface area contributed by atoms with Gasteiger partial charge >= 0.3 is 0 Å². The fourth-order valence-corrected chi connectivity index (χ4v) is 3.55. The van der Waals surface area contributed by atoms with E-state index in [4.69, 9.17) is 16.3 Å². The van der Waals surface area contributed by atoms with Crippen molar-refractivity contribution in [1.29, 1.82) is 0 Å². The number of carbonyl (C=O) groups excluding carboxylic acids is 1. The molecule has 4 nitrogen and oxygen atoms in total. The van der Waals surface area contributed by atoms with Gasteiger partial charge in [-0.1, -0.05) is 48.9 Å². The van der Waals surface area contributed by atoms with Gasteiger partial charge < -0.3 is 14.2 Å². The molecule has 29 heavy (non-hydrogen) atoms. The number of amides is 1. The molecule has 1 heterocycles. The number of hydrogen-bond donors (Lipinski definition) is 0. The van der Waals surface area contributed by atoms with E-state index in [9.17, 15) is 4.79 Å². The Morgan fingerprint density at radius 1 is 1.10 bits per heavy atom. The Kier molecular flexibility index (Phi) is 6.99. The normalized spacial score (nSPS) is 11.9. The lowest BCUT2D eigenvalue weighted by Gasteiger charge is -2.30. The first-order valence-corrected chi connectivity index (χ1v) is 10.2. The van der Waals surface area contributed by atoms with E-state index in [0.29, 0.717) is 24.4 Å². The Bertz CT molecular complexity index is 967. The Morgan fingerprint density at radius 2 is 1.83 bits per heavy atom. The summed E-state index contributed by atoms with van der Waals surface area (Å²) < 4.78 is 7.56. The van der Waals surface area contributed by atoms with E-state index in [1.807, 2.05) is 65.7 Å². The van der Waals surface area contributed by atoms with E-state index >= 15 is 0 Å². The fourth-order valence-electron chi connectivity index (χ4n) is 3.36. The topological polar surface area (TPSA) is 34.5 Å². The molecule has 152 valence electrons. The summed E-state index contributed by atoms with van der Waals surface area (Å²) in [5.41, 5.74) is 2.70. The molecule has 0 fully saturated rings. The van der Waals surface area contributed by atoms with Crippen molar-refractivity contribution in [3.05, 3.63) is 88.7 Å². The van der Waals surface area contributed by atoms with Gasteiger partial charge in [0.25, 0.3) is 5.91 Å². The van der Waals surface area contributed by atoms with Crippen molar-refractivity contribution in [2.45, 2.75) is 39.4 Å². The molecule has 0 N–H and O–H groups in total. The predicted molar refractivity (Wildman–Crippen MR) is 118 cm³/mol. The molecule has 0 saturated heterocycles. The zero-order chi connectivity index (χ0) is 20.8. The van der Waals surface area contributed by atoms with Crippen LogP contribution in [0.25, 0.3) is 0 Å². The van der Waals surface area contributed by atoms with Crippen molar-refractivity contribution >= 4 is 17.5 Å². The zero-order valence-corrected chi connectivity index (χ0v) is 17.9. The first-order valence-electron chi connectivity index (χ1n) is 9.86. The third kappa shape index (κ3) is 4.83. The standard InChI is InChI=1S/C24H27ClN2O2/c1-4-18(2)27(24(28)21-12-6-8-14-23(21)29-3)17-20-11-9-15-26(20)16-19-10-5-7-13-22(19)25/h5-15,18H,4,16-17H2,1-3H3/t18-/m0/s1. The van der Waals surface area contributed by atoms with Crippen molar-refractivity contribution in [1.82, 2.24) is 9.47 Å². The van der Waals surface area contributed by atoms with Crippen LogP contribution in [-0.4, -0.2) is 28.5 Å². The van der Waals surface area contributed by atoms with Gasteiger partial charge in [0.1, 0.15) is 5.75 Å². The SMILES string of the molecule is CC[C@H](C)N(Cc1cccn1Cc1ccccc1Cl)C(=O)c1ccccc1OC. The molecule has 3 aromatic rings. The summed E-state index contributed by atoms with van der Waals surface area (Å²) >= 11 is 6.34. The molecule has 5 heteroatoms. The quantitative estimate of drug-likeness (QED) is 0.481. The number of aromatic nitrogens is 1. The van der Waals surface area contributed by atoms with Crippen molar-refractivity contribution < 1.29 is 9.53 Å². The fraction of sp³-hybridized carbons (Fsp3) is 0.292. The van der Waals surface area contributed by atoms with Crippen molar-refractivity contribution in [2.75, 3.05) is 7.11 Å². The van der Waals surface area contributed by atoms with Gasteiger partial charge in [-0.25, -0.2) is 0 Å². The number of ether oxygens (including phenoxy) is 1. The van der Waals surface area contributed by atoms with Gasteiger partial charge in [-0.15, -0.1) is 0 Å². The Balaban J connectivity index is 1.88. The van der Waals surface area contributed by atoms with Crippen LogP contribution < -0.4 is 4.74 Å². The third-order valence-corrected chi connectivity index (χ3v) is 5.64. The van der Waals surface area contributed by atoms with E-state index in [1.54, 1.807) is 7.11 Å². The molecule has 3 rings (SSSR count). The second-order valence-corrected chi connectivity index (χ2v) is 7.52. The summed E-state index contributed by atoms with van der Waals surface area (Å²) in [6.45, 7) is 5.35. The number of benzene rings is 2. The molecule has 1 aromatic heterocycles. The van der Waals surface area contributed by atoms with E-state index in [1.165, 1.54) is 0 Å². The number of hydrogen-bond acceptors (Lipinski definition) is 2. The van der Waals surface area contributed by atoms with Gasteiger partial charge in [0, 0.05) is 29.5 Å². The van der Waals surface area contributed by atoms with Crippen LogP contribution in [0.15, 0.2) is 66.9 Å². The van der Waals surface area contributed by atoms with Crippen molar-refractivity contribution in [3.8, 4) is 5.75 Å². The number of halogens is 1. The summed E-state index contributed by atoms with van der Waals surface area (Å²) in [7, 11) is 1.59. The third-order valence-electron chi connectivity index (χ3n) is 5.28. The molecule has 0 spiro atoms. The summed E-state index contributed by atoms with van der Waals surface area (Å²) in [6.07, 6.45) is 2.90. The van der Waals surface area contributed by atoms with Crippen LogP contribution in [-0.2, 0) is 13.1 Å². The van der Waals surface area contributed by atoms with Gasteiger partial charge in [-0.2, -0.15) is 0 Å². The summed E-state index contributed by atoms with van der Waals surface area (Å²) in [5.74, 6) is 0.569. The molecule has 0 radical (unpaired) electrons. The zero-order valence-electron chi connectivity index (χ0n) is 17.1. The van der Waals surface area contributed by atoms with Crippen molar-refractivity contribution in [3.63, 3.8) is 0 Å². The summed E-state index contributed by atoms with van der Waals surface area (Å²) in [5, 5.41) is 0.746. The lowest BCUT2D eigenvalue weighted by molar-refractivity contribution is 0.0663. The van der Waals surface area contributed by atoms with Crippen LogP contribution in [0, 0.1) is 0 Å². The number of carbonyl (C=O) groups is 1. The van der Waals surface area contributed by atoms with E-state index < -0.39 is 0 Å². The van der Waals surface area contributed by atoms with Crippen LogP contribution in [0.4, 0.5) is 0 Å². The van der Waals surface area contributed by atoms with Crippen LogP contribution in [0.1, 0.15) is 41.9 Å². The first kappa shape index (κ1) is 21.0. The molecule has 2 aromatic carbocycles. The van der Waals surface area contributed by atoms with Gasteiger partial charge in [0.2, 0.25) is 0 Å². The van der Waals surface area contributed by atoms with Crippen molar-refractivity contribution in [2.24, 2.45) is 0 Å². The van der Waals surface area contributed by atoms with Crippen LogP contribution >= 0.6 is 11.6 Å². The molecule has 0 aliphatic carbocycles. The second kappa shape index (κ2) is 9.66. The maximum absolute atomic E-state index is 13.4. The lowest BCUT2D eigenvalue weighted by Crippen LogP contribution is -2.38.